The molecule has 0 aliphatic heterocycles. The first-order chi connectivity index (χ1) is 10.1. The number of carbonyl (C=O) groups excluding carboxylic acids is 1. The molecule has 0 atom stereocenters. The average molecular weight is 280 g/mol. The maximum atomic E-state index is 12.7. The minimum Gasteiger partial charge on any atom is -0.397 e. The molecule has 0 bridgehead atoms. The summed E-state index contributed by atoms with van der Waals surface area (Å²) in [4.78, 5) is 14.2. The summed E-state index contributed by atoms with van der Waals surface area (Å²) in [6, 6.07) is 11.2. The van der Waals surface area contributed by atoms with E-state index in [1.165, 1.54) is 0 Å². The van der Waals surface area contributed by atoms with Gasteiger partial charge in [-0.05, 0) is 37.1 Å². The second-order valence-corrected chi connectivity index (χ2v) is 5.32. The van der Waals surface area contributed by atoms with Crippen LogP contribution in [0.5, 0.6) is 0 Å². The Kier molecular flexibility index (Phi) is 3.15. The van der Waals surface area contributed by atoms with Crippen LogP contribution in [-0.4, -0.2) is 17.5 Å². The van der Waals surface area contributed by atoms with E-state index in [0.717, 1.165) is 12.8 Å². The maximum absolute atomic E-state index is 12.7. The highest BCUT2D eigenvalue weighted by Gasteiger charge is 2.29. The van der Waals surface area contributed by atoms with E-state index in [2.05, 4.69) is 6.07 Å². The first-order valence-electron chi connectivity index (χ1n) is 6.85. The van der Waals surface area contributed by atoms with Crippen LogP contribution in [0.15, 0.2) is 36.5 Å². The predicted octanol–water partition coefficient (Wildman–Crippen LogP) is 2.55. The Morgan fingerprint density at radius 2 is 2.19 bits per heavy atom. The highest BCUT2D eigenvalue weighted by molar-refractivity contribution is 6.05. The highest BCUT2D eigenvalue weighted by Crippen LogP contribution is 2.37. The molecule has 1 saturated carbocycles. The quantitative estimate of drug-likeness (QED) is 0.938. The largest absolute Gasteiger partial charge is 0.397 e. The third-order valence-corrected chi connectivity index (χ3v) is 3.70. The van der Waals surface area contributed by atoms with Crippen LogP contribution in [0.1, 0.15) is 34.9 Å². The van der Waals surface area contributed by atoms with Gasteiger partial charge in [-0.15, -0.1) is 0 Å². The fourth-order valence-corrected chi connectivity index (χ4v) is 2.40. The van der Waals surface area contributed by atoms with Crippen LogP contribution in [0.25, 0.3) is 0 Å². The van der Waals surface area contributed by atoms with Crippen LogP contribution in [0.3, 0.4) is 0 Å². The molecule has 1 fully saturated rings. The maximum Gasteiger partial charge on any atom is 0.274 e. The summed E-state index contributed by atoms with van der Waals surface area (Å²) in [5.41, 5.74) is 8.26. The van der Waals surface area contributed by atoms with Crippen molar-refractivity contribution in [3.63, 3.8) is 0 Å². The number of hydrogen-bond donors (Lipinski definition) is 1. The first kappa shape index (κ1) is 13.3. The molecule has 1 aliphatic rings. The summed E-state index contributed by atoms with van der Waals surface area (Å²) >= 11 is 0. The number of anilines is 2. The normalized spacial score (nSPS) is 13.7. The summed E-state index contributed by atoms with van der Waals surface area (Å²) in [5, 5.41) is 8.95. The van der Waals surface area contributed by atoms with E-state index in [0.29, 0.717) is 28.7 Å². The average Bonchev–Trinajstić information content (AvgIpc) is 3.28. The number of nitrogen functional groups attached to an aromatic ring is 1. The Balaban J connectivity index is 1.92. The minimum absolute atomic E-state index is 0.117. The minimum atomic E-state index is -0.117. The molecule has 0 unspecified atom stereocenters. The molecule has 1 aromatic carbocycles. The van der Waals surface area contributed by atoms with Gasteiger partial charge in [-0.1, -0.05) is 6.07 Å². The number of benzene rings is 1. The van der Waals surface area contributed by atoms with Crippen molar-refractivity contribution < 1.29 is 4.79 Å². The van der Waals surface area contributed by atoms with Gasteiger partial charge in [-0.2, -0.15) is 5.26 Å². The van der Waals surface area contributed by atoms with Crippen LogP contribution < -0.4 is 10.6 Å². The number of amides is 1. The molecule has 1 aromatic heterocycles. The van der Waals surface area contributed by atoms with Crippen molar-refractivity contribution in [3.8, 4) is 6.07 Å². The molecule has 0 spiro atoms. The molecule has 5 nitrogen and oxygen atoms in total. The Hall–Kier alpha value is -2.74. The van der Waals surface area contributed by atoms with E-state index in [4.69, 9.17) is 11.0 Å². The second kappa shape index (κ2) is 4.98. The molecule has 2 N–H and O–H groups in total. The number of rotatable bonds is 3. The van der Waals surface area contributed by atoms with Crippen molar-refractivity contribution in [2.45, 2.75) is 18.9 Å². The van der Waals surface area contributed by atoms with Crippen molar-refractivity contribution in [3.05, 3.63) is 47.8 Å². The van der Waals surface area contributed by atoms with Gasteiger partial charge in [-0.3, -0.25) is 4.79 Å². The van der Waals surface area contributed by atoms with Gasteiger partial charge >= 0.3 is 0 Å². The zero-order valence-corrected chi connectivity index (χ0v) is 11.8. The van der Waals surface area contributed by atoms with E-state index < -0.39 is 0 Å². The van der Waals surface area contributed by atoms with Gasteiger partial charge in [-0.25, -0.2) is 0 Å². The molecule has 0 saturated heterocycles. The van der Waals surface area contributed by atoms with Crippen molar-refractivity contribution in [1.82, 2.24) is 4.57 Å². The Labute approximate surface area is 123 Å². The molecule has 106 valence electrons. The highest BCUT2D eigenvalue weighted by atomic mass is 16.2. The van der Waals surface area contributed by atoms with Crippen molar-refractivity contribution >= 4 is 17.3 Å². The zero-order chi connectivity index (χ0) is 15.0. The zero-order valence-electron chi connectivity index (χ0n) is 11.8. The molecule has 3 rings (SSSR count). The molecular weight excluding hydrogens is 264 g/mol. The third kappa shape index (κ3) is 2.48. The third-order valence-electron chi connectivity index (χ3n) is 3.70. The number of nitriles is 1. The molecule has 1 heterocycles. The van der Waals surface area contributed by atoms with Gasteiger partial charge in [0.05, 0.1) is 17.3 Å². The Bertz CT molecular complexity index is 737. The van der Waals surface area contributed by atoms with E-state index >= 15 is 0 Å². The van der Waals surface area contributed by atoms with E-state index in [1.807, 2.05) is 16.8 Å². The van der Waals surface area contributed by atoms with Gasteiger partial charge in [0.25, 0.3) is 5.91 Å². The standard InChI is InChI=1S/C16H16N4O/c1-19(14-4-2-3-11(7-14)9-17)16(21)15-8-12(18)10-20(15)13-5-6-13/h2-4,7-8,10,13H,5-6,18H2,1H3. The van der Waals surface area contributed by atoms with Gasteiger partial charge in [0.2, 0.25) is 0 Å². The van der Waals surface area contributed by atoms with Crippen LogP contribution in [-0.2, 0) is 0 Å². The fourth-order valence-electron chi connectivity index (χ4n) is 2.40. The van der Waals surface area contributed by atoms with Gasteiger partial charge in [0.15, 0.2) is 0 Å². The number of nitrogens with two attached hydrogens (primary N) is 1. The molecular formula is C16H16N4O. The topological polar surface area (TPSA) is 75.0 Å². The predicted molar refractivity (Wildman–Crippen MR) is 81.0 cm³/mol. The molecule has 1 amide bonds. The van der Waals surface area contributed by atoms with Gasteiger partial charge < -0.3 is 15.2 Å². The Morgan fingerprint density at radius 1 is 1.43 bits per heavy atom. The lowest BCUT2D eigenvalue weighted by atomic mass is 10.2. The second-order valence-electron chi connectivity index (χ2n) is 5.32. The van der Waals surface area contributed by atoms with Crippen LogP contribution in [0.2, 0.25) is 0 Å². The van der Waals surface area contributed by atoms with Gasteiger partial charge in [0.1, 0.15) is 5.69 Å². The van der Waals surface area contributed by atoms with Crippen LogP contribution >= 0.6 is 0 Å². The number of hydrogen-bond acceptors (Lipinski definition) is 3. The summed E-state index contributed by atoms with van der Waals surface area (Å²) < 4.78 is 1.96. The smallest absolute Gasteiger partial charge is 0.274 e. The van der Waals surface area contributed by atoms with E-state index in [-0.39, 0.29) is 5.91 Å². The number of aromatic nitrogens is 1. The lowest BCUT2D eigenvalue weighted by Gasteiger charge is -2.18. The van der Waals surface area contributed by atoms with E-state index in [1.54, 1.807) is 36.2 Å². The Morgan fingerprint density at radius 3 is 2.86 bits per heavy atom. The molecule has 5 heteroatoms. The molecule has 0 radical (unpaired) electrons. The lowest BCUT2D eigenvalue weighted by Crippen LogP contribution is -2.28. The summed E-state index contributed by atoms with van der Waals surface area (Å²) in [6.07, 6.45) is 3.99. The molecule has 2 aromatic rings. The monoisotopic (exact) mass is 280 g/mol. The van der Waals surface area contributed by atoms with Crippen molar-refractivity contribution in [2.24, 2.45) is 0 Å². The van der Waals surface area contributed by atoms with Crippen molar-refractivity contribution in [1.29, 1.82) is 5.26 Å². The summed E-state index contributed by atoms with van der Waals surface area (Å²) in [5.74, 6) is -0.117. The van der Waals surface area contributed by atoms with Crippen LogP contribution in [0, 0.1) is 11.3 Å². The summed E-state index contributed by atoms with van der Waals surface area (Å²) in [6.45, 7) is 0. The fraction of sp³-hybridized carbons (Fsp3) is 0.250. The van der Waals surface area contributed by atoms with E-state index in [9.17, 15) is 4.79 Å². The SMILES string of the molecule is CN(C(=O)c1cc(N)cn1C1CC1)c1cccc(C#N)c1. The molecule has 21 heavy (non-hydrogen) atoms. The lowest BCUT2D eigenvalue weighted by molar-refractivity contribution is 0.0984. The number of carbonyl (C=O) groups is 1. The first-order valence-corrected chi connectivity index (χ1v) is 6.85. The summed E-state index contributed by atoms with van der Waals surface area (Å²) in [7, 11) is 1.71. The van der Waals surface area contributed by atoms with Crippen LogP contribution in [0.4, 0.5) is 11.4 Å². The van der Waals surface area contributed by atoms with Gasteiger partial charge in [0, 0.05) is 25.0 Å². The molecule has 1 aliphatic carbocycles. The number of nitrogens with zero attached hydrogens (tertiary/aromatic N) is 3. The van der Waals surface area contributed by atoms with Crippen molar-refractivity contribution in [2.75, 3.05) is 17.7 Å².